The van der Waals surface area contributed by atoms with Crippen LogP contribution in [0.2, 0.25) is 0 Å². The number of anilines is 1. The zero-order valence-corrected chi connectivity index (χ0v) is 14.7. The first kappa shape index (κ1) is 18.1. The van der Waals surface area contributed by atoms with E-state index in [9.17, 15) is 18.5 Å². The lowest BCUT2D eigenvalue weighted by atomic mass is 10.2. The second-order valence-corrected chi connectivity index (χ2v) is 7.72. The fraction of sp³-hybridized carbons (Fsp3) is 0.200. The average Bonchev–Trinajstić information content (AvgIpc) is 2.51. The first-order valence-corrected chi connectivity index (χ1v) is 9.68. The molecule has 0 atom stereocenters. The molecule has 9 heteroatoms. The summed E-state index contributed by atoms with van der Waals surface area (Å²) in [5, 5.41) is 11.2. The molecule has 0 unspecified atom stereocenters. The van der Waals surface area contributed by atoms with E-state index < -0.39 is 14.9 Å². The van der Waals surface area contributed by atoms with Crippen LogP contribution >= 0.6 is 11.8 Å². The quantitative estimate of drug-likeness (QED) is 0.457. The van der Waals surface area contributed by atoms with Crippen LogP contribution in [0.25, 0.3) is 0 Å². The number of methoxy groups -OCH3 is 1. The van der Waals surface area contributed by atoms with Gasteiger partial charge in [-0.15, -0.1) is 11.8 Å². The number of rotatable bonds is 7. The second-order valence-electron chi connectivity index (χ2n) is 4.95. The SMILES string of the molecule is COc1ccc(CSc2cc(NS(C)(=O)=O)ccc2[N+](=O)[O-])cc1. The van der Waals surface area contributed by atoms with Crippen LogP contribution in [0.4, 0.5) is 11.4 Å². The molecule has 7 nitrogen and oxygen atoms in total. The maximum Gasteiger partial charge on any atom is 0.283 e. The molecular weight excluding hydrogens is 352 g/mol. The molecule has 0 aliphatic carbocycles. The fourth-order valence-corrected chi connectivity index (χ4v) is 3.51. The summed E-state index contributed by atoms with van der Waals surface area (Å²) in [6, 6.07) is 11.5. The van der Waals surface area contributed by atoms with E-state index in [1.165, 1.54) is 30.0 Å². The molecule has 2 rings (SSSR count). The van der Waals surface area contributed by atoms with Gasteiger partial charge in [0.15, 0.2) is 0 Å². The summed E-state index contributed by atoms with van der Waals surface area (Å²) in [4.78, 5) is 11.1. The van der Waals surface area contributed by atoms with Gasteiger partial charge in [0.2, 0.25) is 10.0 Å². The molecule has 0 aliphatic heterocycles. The average molecular weight is 368 g/mol. The molecular formula is C15H16N2O5S2. The topological polar surface area (TPSA) is 98.5 Å². The zero-order chi connectivity index (χ0) is 17.7. The van der Waals surface area contributed by atoms with Crippen molar-refractivity contribution in [3.8, 4) is 5.75 Å². The van der Waals surface area contributed by atoms with Crippen molar-refractivity contribution in [1.82, 2.24) is 0 Å². The van der Waals surface area contributed by atoms with Crippen LogP contribution in [-0.2, 0) is 15.8 Å². The molecule has 0 heterocycles. The van der Waals surface area contributed by atoms with Crippen LogP contribution in [-0.4, -0.2) is 26.7 Å². The van der Waals surface area contributed by atoms with Crippen LogP contribution in [0, 0.1) is 10.1 Å². The van der Waals surface area contributed by atoms with Gasteiger partial charge in [-0.3, -0.25) is 14.8 Å². The van der Waals surface area contributed by atoms with Gasteiger partial charge in [-0.2, -0.15) is 0 Å². The third kappa shape index (κ3) is 5.14. The van der Waals surface area contributed by atoms with E-state index in [4.69, 9.17) is 4.74 Å². The van der Waals surface area contributed by atoms with E-state index in [1.54, 1.807) is 7.11 Å². The Kier molecular flexibility index (Phi) is 5.68. The van der Waals surface area contributed by atoms with Gasteiger partial charge in [-0.25, -0.2) is 8.42 Å². The number of sulfonamides is 1. The Morgan fingerprint density at radius 1 is 1.21 bits per heavy atom. The van der Waals surface area contributed by atoms with Crippen molar-refractivity contribution < 1.29 is 18.1 Å². The number of thioether (sulfide) groups is 1. The summed E-state index contributed by atoms with van der Waals surface area (Å²) in [6.07, 6.45) is 1.03. The molecule has 2 aromatic rings. The van der Waals surface area contributed by atoms with Gasteiger partial charge in [0.1, 0.15) is 5.75 Å². The predicted octanol–water partition coefficient (Wildman–Crippen LogP) is 3.27. The molecule has 0 aliphatic rings. The Bertz CT molecular complexity index is 835. The third-order valence-corrected chi connectivity index (χ3v) is 4.74. The summed E-state index contributed by atoms with van der Waals surface area (Å²) in [5.41, 5.74) is 1.20. The Labute approximate surface area is 144 Å². The lowest BCUT2D eigenvalue weighted by Gasteiger charge is -2.08. The van der Waals surface area contributed by atoms with Crippen molar-refractivity contribution >= 4 is 33.2 Å². The lowest BCUT2D eigenvalue weighted by molar-refractivity contribution is -0.387. The van der Waals surface area contributed by atoms with E-state index >= 15 is 0 Å². The smallest absolute Gasteiger partial charge is 0.283 e. The second kappa shape index (κ2) is 7.54. The molecule has 0 saturated carbocycles. The third-order valence-electron chi connectivity index (χ3n) is 3.01. The first-order valence-electron chi connectivity index (χ1n) is 6.80. The van der Waals surface area contributed by atoms with Crippen molar-refractivity contribution in [2.75, 3.05) is 18.1 Å². The van der Waals surface area contributed by atoms with E-state index in [0.29, 0.717) is 16.3 Å². The lowest BCUT2D eigenvalue weighted by Crippen LogP contribution is -2.09. The standard InChI is InChI=1S/C15H16N2O5S2/c1-22-13-6-3-11(4-7-13)10-23-15-9-12(16-24(2,20)21)5-8-14(15)17(18)19/h3-9,16H,10H2,1-2H3. The molecule has 0 fully saturated rings. The van der Waals surface area contributed by atoms with E-state index in [-0.39, 0.29) is 5.69 Å². The van der Waals surface area contributed by atoms with Crippen molar-refractivity contribution in [1.29, 1.82) is 0 Å². The molecule has 0 spiro atoms. The first-order chi connectivity index (χ1) is 11.3. The number of nitro groups is 1. The largest absolute Gasteiger partial charge is 0.497 e. The molecule has 0 saturated heterocycles. The zero-order valence-electron chi connectivity index (χ0n) is 13.1. The van der Waals surface area contributed by atoms with Crippen molar-refractivity contribution in [2.24, 2.45) is 0 Å². The van der Waals surface area contributed by atoms with E-state index in [0.717, 1.165) is 17.6 Å². The molecule has 0 aromatic heterocycles. The summed E-state index contributed by atoms with van der Waals surface area (Å²) in [5.74, 6) is 1.24. The monoisotopic (exact) mass is 368 g/mol. The number of benzene rings is 2. The molecule has 128 valence electrons. The van der Waals surface area contributed by atoms with Crippen LogP contribution in [0.5, 0.6) is 5.75 Å². The van der Waals surface area contributed by atoms with Crippen LogP contribution in [0.1, 0.15) is 5.56 Å². The fourth-order valence-electron chi connectivity index (χ4n) is 1.94. The highest BCUT2D eigenvalue weighted by molar-refractivity contribution is 7.98. The van der Waals surface area contributed by atoms with Crippen molar-refractivity contribution in [2.45, 2.75) is 10.6 Å². The van der Waals surface area contributed by atoms with Gasteiger partial charge >= 0.3 is 0 Å². The van der Waals surface area contributed by atoms with Gasteiger partial charge < -0.3 is 4.74 Å². The minimum atomic E-state index is -3.44. The van der Waals surface area contributed by atoms with Crippen LogP contribution in [0.15, 0.2) is 47.4 Å². The normalized spacial score (nSPS) is 11.1. The number of nitro benzene ring substituents is 1. The van der Waals surface area contributed by atoms with Crippen molar-refractivity contribution in [3.05, 3.63) is 58.1 Å². The maximum absolute atomic E-state index is 11.3. The molecule has 0 radical (unpaired) electrons. The number of nitrogens with zero attached hydrogens (tertiary/aromatic N) is 1. The minimum Gasteiger partial charge on any atom is -0.497 e. The minimum absolute atomic E-state index is 0.0624. The summed E-state index contributed by atoms with van der Waals surface area (Å²) in [7, 11) is -1.87. The van der Waals surface area contributed by atoms with E-state index in [2.05, 4.69) is 4.72 Å². The van der Waals surface area contributed by atoms with Gasteiger partial charge in [0, 0.05) is 11.8 Å². The number of hydrogen-bond acceptors (Lipinski definition) is 6. The molecule has 2 aromatic carbocycles. The highest BCUT2D eigenvalue weighted by atomic mass is 32.2. The van der Waals surface area contributed by atoms with Crippen LogP contribution in [0.3, 0.4) is 0 Å². The Morgan fingerprint density at radius 3 is 2.42 bits per heavy atom. The maximum atomic E-state index is 11.3. The summed E-state index contributed by atoms with van der Waals surface area (Å²) >= 11 is 1.26. The Balaban J connectivity index is 2.22. The molecule has 0 amide bonds. The molecule has 24 heavy (non-hydrogen) atoms. The van der Waals surface area contributed by atoms with Gasteiger partial charge in [0.25, 0.3) is 5.69 Å². The molecule has 1 N–H and O–H groups in total. The van der Waals surface area contributed by atoms with Crippen LogP contribution < -0.4 is 9.46 Å². The van der Waals surface area contributed by atoms with Gasteiger partial charge in [0.05, 0.1) is 28.9 Å². The van der Waals surface area contributed by atoms with Gasteiger partial charge in [-0.05, 0) is 29.8 Å². The summed E-state index contributed by atoms with van der Waals surface area (Å²) < 4.78 is 30.0. The number of nitrogens with one attached hydrogen (secondary N) is 1. The molecule has 0 bridgehead atoms. The predicted molar refractivity (Wildman–Crippen MR) is 94.1 cm³/mol. The van der Waals surface area contributed by atoms with E-state index in [1.807, 2.05) is 24.3 Å². The Hall–Kier alpha value is -2.26. The van der Waals surface area contributed by atoms with Gasteiger partial charge in [-0.1, -0.05) is 12.1 Å². The van der Waals surface area contributed by atoms with Crippen molar-refractivity contribution in [3.63, 3.8) is 0 Å². The Morgan fingerprint density at radius 2 is 1.88 bits per heavy atom. The highest BCUT2D eigenvalue weighted by Gasteiger charge is 2.16. The number of hydrogen-bond donors (Lipinski definition) is 1. The number of ether oxygens (including phenoxy) is 1. The highest BCUT2D eigenvalue weighted by Crippen LogP contribution is 2.34. The summed E-state index contributed by atoms with van der Waals surface area (Å²) in [6.45, 7) is 0.